The molecule has 46 heavy (non-hydrogen) atoms. The monoisotopic (exact) mass is 677 g/mol. The highest BCUT2D eigenvalue weighted by Crippen LogP contribution is 2.43. The van der Waals surface area contributed by atoms with E-state index in [2.05, 4.69) is 19.2 Å². The standard InChI is InChI=1S/C36H73N2O7P/c1-3-5-7-9-11-13-15-16-17-18-20-22-24-26-28-35(40)34(32-45-46(42,43)44-30-29-37)38-36(41)31-33(39)27-25-23-21-19-14-12-10-8-6-4-2/h26,28,33-35,39-40H,3-25,27,29-32,37H2,1-2H3,(H,38,41)(H,42,43)/b28-26+. The van der Waals surface area contributed by atoms with Crippen LogP contribution in [0.25, 0.3) is 0 Å². The van der Waals surface area contributed by atoms with Gasteiger partial charge in [-0.1, -0.05) is 161 Å². The van der Waals surface area contributed by atoms with E-state index in [0.29, 0.717) is 6.42 Å². The van der Waals surface area contributed by atoms with Gasteiger partial charge in [-0.15, -0.1) is 0 Å². The summed E-state index contributed by atoms with van der Waals surface area (Å²) in [5.41, 5.74) is 5.34. The van der Waals surface area contributed by atoms with E-state index >= 15 is 0 Å². The van der Waals surface area contributed by atoms with Gasteiger partial charge in [-0.2, -0.15) is 0 Å². The van der Waals surface area contributed by atoms with Crippen LogP contribution in [0.2, 0.25) is 0 Å². The highest BCUT2D eigenvalue weighted by Gasteiger charge is 2.27. The lowest BCUT2D eigenvalue weighted by Gasteiger charge is -2.24. The average molecular weight is 677 g/mol. The molecule has 6 N–H and O–H groups in total. The summed E-state index contributed by atoms with van der Waals surface area (Å²) in [6.45, 7) is 3.94. The largest absolute Gasteiger partial charge is 0.472 e. The molecule has 0 aliphatic rings. The molecule has 0 aromatic carbocycles. The quantitative estimate of drug-likeness (QED) is 0.0254. The smallest absolute Gasteiger partial charge is 0.393 e. The first-order chi connectivity index (χ1) is 22.3. The number of aliphatic hydroxyl groups is 2. The van der Waals surface area contributed by atoms with E-state index in [9.17, 15) is 24.5 Å². The van der Waals surface area contributed by atoms with Crippen LogP contribution in [0.1, 0.15) is 174 Å². The van der Waals surface area contributed by atoms with Gasteiger partial charge in [0.1, 0.15) is 0 Å². The lowest BCUT2D eigenvalue weighted by atomic mass is 10.0. The van der Waals surface area contributed by atoms with Crippen molar-refractivity contribution < 1.29 is 33.5 Å². The Morgan fingerprint density at radius 3 is 1.67 bits per heavy atom. The molecule has 4 atom stereocenters. The number of carbonyl (C=O) groups is 1. The summed E-state index contributed by atoms with van der Waals surface area (Å²) in [7, 11) is -4.39. The fourth-order valence-electron chi connectivity index (χ4n) is 5.53. The van der Waals surface area contributed by atoms with Crippen molar-refractivity contribution in [1.29, 1.82) is 0 Å². The lowest BCUT2D eigenvalue weighted by molar-refractivity contribution is -0.124. The number of amides is 1. The van der Waals surface area contributed by atoms with Gasteiger partial charge in [-0.25, -0.2) is 4.57 Å². The molecule has 0 aliphatic heterocycles. The minimum atomic E-state index is -4.39. The summed E-state index contributed by atoms with van der Waals surface area (Å²) >= 11 is 0. The van der Waals surface area contributed by atoms with E-state index in [1.54, 1.807) is 6.08 Å². The number of rotatable bonds is 35. The zero-order valence-corrected chi connectivity index (χ0v) is 30.6. The Bertz CT molecular complexity index is 756. The number of aliphatic hydroxyl groups excluding tert-OH is 2. The fraction of sp³-hybridized carbons (Fsp3) is 0.917. The van der Waals surface area contributed by atoms with Crippen molar-refractivity contribution in [2.75, 3.05) is 19.8 Å². The number of hydrogen-bond donors (Lipinski definition) is 5. The third-order valence-electron chi connectivity index (χ3n) is 8.42. The number of nitrogens with two attached hydrogens (primary N) is 1. The highest BCUT2D eigenvalue weighted by molar-refractivity contribution is 7.47. The molecule has 0 rings (SSSR count). The third-order valence-corrected chi connectivity index (χ3v) is 9.40. The zero-order valence-electron chi connectivity index (χ0n) is 29.7. The van der Waals surface area contributed by atoms with Crippen molar-refractivity contribution in [1.82, 2.24) is 5.32 Å². The molecule has 0 saturated heterocycles. The third kappa shape index (κ3) is 30.5. The van der Waals surface area contributed by atoms with Crippen molar-refractivity contribution in [3.8, 4) is 0 Å². The molecule has 10 heteroatoms. The van der Waals surface area contributed by atoms with Gasteiger partial charge in [0, 0.05) is 6.54 Å². The van der Waals surface area contributed by atoms with Crippen LogP contribution in [0.5, 0.6) is 0 Å². The van der Waals surface area contributed by atoms with Crippen LogP contribution >= 0.6 is 7.82 Å². The molecule has 0 saturated carbocycles. The van der Waals surface area contributed by atoms with Crippen molar-refractivity contribution in [2.24, 2.45) is 5.73 Å². The Kier molecular flexibility index (Phi) is 32.2. The van der Waals surface area contributed by atoms with Gasteiger partial charge < -0.3 is 26.2 Å². The van der Waals surface area contributed by atoms with Crippen LogP contribution < -0.4 is 11.1 Å². The van der Waals surface area contributed by atoms with Gasteiger partial charge in [-0.3, -0.25) is 13.8 Å². The van der Waals surface area contributed by atoms with E-state index in [4.69, 9.17) is 14.8 Å². The summed E-state index contributed by atoms with van der Waals surface area (Å²) in [5.74, 6) is -0.447. The van der Waals surface area contributed by atoms with Crippen molar-refractivity contribution >= 4 is 13.7 Å². The summed E-state index contributed by atoms with van der Waals surface area (Å²) in [6.07, 6.45) is 30.1. The van der Waals surface area contributed by atoms with Gasteiger partial charge in [0.25, 0.3) is 0 Å². The maximum absolute atomic E-state index is 12.7. The second kappa shape index (κ2) is 32.7. The Balaban J connectivity index is 4.45. The molecule has 0 fully saturated rings. The van der Waals surface area contributed by atoms with Crippen molar-refractivity contribution in [2.45, 2.75) is 193 Å². The van der Waals surface area contributed by atoms with Crippen molar-refractivity contribution in [3.63, 3.8) is 0 Å². The topological polar surface area (TPSA) is 151 Å². The van der Waals surface area contributed by atoms with E-state index in [1.807, 2.05) is 6.08 Å². The molecule has 0 heterocycles. The number of unbranched alkanes of at least 4 members (excludes halogenated alkanes) is 21. The van der Waals surface area contributed by atoms with Gasteiger partial charge in [-0.05, 0) is 19.3 Å². The Morgan fingerprint density at radius 2 is 1.20 bits per heavy atom. The maximum atomic E-state index is 12.7. The lowest BCUT2D eigenvalue weighted by Crippen LogP contribution is -2.46. The number of allylic oxidation sites excluding steroid dienone is 1. The number of nitrogens with one attached hydrogen (secondary N) is 1. The van der Waals surface area contributed by atoms with Crippen LogP contribution in [0, 0.1) is 0 Å². The predicted molar refractivity (Wildman–Crippen MR) is 191 cm³/mol. The molecule has 0 radical (unpaired) electrons. The number of carbonyl (C=O) groups excluding carboxylic acids is 1. The molecule has 0 aromatic rings. The second-order valence-corrected chi connectivity index (χ2v) is 14.4. The number of hydrogen-bond acceptors (Lipinski definition) is 7. The molecule has 0 aromatic heterocycles. The molecular weight excluding hydrogens is 603 g/mol. The van der Waals surface area contributed by atoms with Crippen LogP contribution in [-0.4, -0.2) is 59.0 Å². The molecule has 1 amide bonds. The van der Waals surface area contributed by atoms with E-state index in [-0.39, 0.29) is 19.6 Å². The molecular formula is C36H73N2O7P. The zero-order chi connectivity index (χ0) is 34.1. The molecule has 0 bridgehead atoms. The van der Waals surface area contributed by atoms with E-state index in [1.165, 1.54) is 109 Å². The first-order valence-corrected chi connectivity index (χ1v) is 20.4. The molecule has 9 nitrogen and oxygen atoms in total. The molecule has 274 valence electrons. The van der Waals surface area contributed by atoms with Gasteiger partial charge in [0.05, 0.1) is 37.9 Å². The van der Waals surface area contributed by atoms with Gasteiger partial charge >= 0.3 is 7.82 Å². The van der Waals surface area contributed by atoms with Crippen molar-refractivity contribution in [3.05, 3.63) is 12.2 Å². The second-order valence-electron chi connectivity index (χ2n) is 13.0. The first-order valence-electron chi connectivity index (χ1n) is 18.9. The van der Waals surface area contributed by atoms with Crippen LogP contribution in [-0.2, 0) is 18.4 Å². The van der Waals surface area contributed by atoms with Crippen LogP contribution in [0.15, 0.2) is 12.2 Å². The van der Waals surface area contributed by atoms with Gasteiger partial charge in [0.15, 0.2) is 0 Å². The van der Waals surface area contributed by atoms with E-state index < -0.39 is 38.6 Å². The first kappa shape index (κ1) is 45.2. The SMILES string of the molecule is CCCCCCCCCCCCCC/C=C/C(O)C(COP(=O)(O)OCCN)NC(=O)CC(O)CCCCCCCCCCCC. The minimum Gasteiger partial charge on any atom is -0.393 e. The van der Waals surface area contributed by atoms with E-state index in [0.717, 1.165) is 38.5 Å². The Labute approximate surface area is 282 Å². The van der Waals surface area contributed by atoms with Crippen LogP contribution in [0.3, 0.4) is 0 Å². The minimum absolute atomic E-state index is 0.0511. The number of phosphoric ester groups is 1. The van der Waals surface area contributed by atoms with Crippen LogP contribution in [0.4, 0.5) is 0 Å². The maximum Gasteiger partial charge on any atom is 0.472 e. The summed E-state index contributed by atoms with van der Waals surface area (Å²) in [4.78, 5) is 22.6. The normalized spacial score (nSPS) is 15.2. The number of phosphoric acid groups is 1. The Hall–Kier alpha value is -0.800. The summed E-state index contributed by atoms with van der Waals surface area (Å²) < 4.78 is 22.0. The predicted octanol–water partition coefficient (Wildman–Crippen LogP) is 8.63. The van der Waals surface area contributed by atoms with Gasteiger partial charge in [0.2, 0.25) is 5.91 Å². The average Bonchev–Trinajstić information content (AvgIpc) is 3.03. The summed E-state index contributed by atoms with van der Waals surface area (Å²) in [6, 6.07) is -0.975. The molecule has 0 aliphatic carbocycles. The Morgan fingerprint density at radius 1 is 0.739 bits per heavy atom. The summed E-state index contributed by atoms with van der Waals surface area (Å²) in [5, 5.41) is 23.9. The molecule has 4 unspecified atom stereocenters. The molecule has 0 spiro atoms. The fourth-order valence-corrected chi connectivity index (χ4v) is 6.29. The highest BCUT2D eigenvalue weighted by atomic mass is 31.2.